The Kier molecular flexibility index (Phi) is 5.94. The van der Waals surface area contributed by atoms with Crippen LogP contribution in [0.1, 0.15) is 32.6 Å². The number of ether oxygens (including phenoxy) is 1. The predicted molar refractivity (Wildman–Crippen MR) is 81.8 cm³/mol. The Morgan fingerprint density at radius 1 is 1.45 bits per heavy atom. The van der Waals surface area contributed by atoms with Gasteiger partial charge in [-0.05, 0) is 19.3 Å². The number of rotatable bonds is 6. The van der Waals surface area contributed by atoms with Gasteiger partial charge in [0.25, 0.3) is 5.56 Å². The molecule has 1 aromatic rings. The van der Waals surface area contributed by atoms with Crippen LogP contribution in [0.2, 0.25) is 0 Å². The van der Waals surface area contributed by atoms with Gasteiger partial charge in [0.15, 0.2) is 0 Å². The SMILES string of the molecule is CCCO[C@@H]1CCCN(C(=O)CCn2ccc(=O)[nH]c2=O)C1. The van der Waals surface area contributed by atoms with E-state index in [4.69, 9.17) is 4.74 Å². The highest BCUT2D eigenvalue weighted by Gasteiger charge is 2.23. The number of nitrogens with zero attached hydrogens (tertiary/aromatic N) is 2. The van der Waals surface area contributed by atoms with Crippen LogP contribution in [-0.2, 0) is 16.1 Å². The van der Waals surface area contributed by atoms with Crippen LogP contribution in [0, 0.1) is 0 Å². The molecule has 1 atom stereocenters. The summed E-state index contributed by atoms with van der Waals surface area (Å²) in [4.78, 5) is 38.8. The summed E-state index contributed by atoms with van der Waals surface area (Å²) in [5.74, 6) is 0.0166. The molecule has 0 unspecified atom stereocenters. The number of H-pyrrole nitrogens is 1. The minimum absolute atomic E-state index is 0.0166. The van der Waals surface area contributed by atoms with E-state index in [2.05, 4.69) is 11.9 Å². The maximum atomic E-state index is 12.3. The molecule has 0 aromatic carbocycles. The zero-order valence-electron chi connectivity index (χ0n) is 12.9. The van der Waals surface area contributed by atoms with Crippen molar-refractivity contribution < 1.29 is 9.53 Å². The molecule has 1 aliphatic rings. The van der Waals surface area contributed by atoms with E-state index in [-0.39, 0.29) is 25.0 Å². The molecule has 7 heteroatoms. The van der Waals surface area contributed by atoms with Crippen LogP contribution in [-0.4, -0.2) is 46.2 Å². The second-order valence-electron chi connectivity index (χ2n) is 5.53. The summed E-state index contributed by atoms with van der Waals surface area (Å²) < 4.78 is 7.06. The zero-order valence-corrected chi connectivity index (χ0v) is 12.9. The molecule has 122 valence electrons. The topological polar surface area (TPSA) is 84.4 Å². The van der Waals surface area contributed by atoms with Crippen molar-refractivity contribution >= 4 is 5.91 Å². The normalized spacial score (nSPS) is 18.4. The molecule has 0 spiro atoms. The molecule has 1 fully saturated rings. The van der Waals surface area contributed by atoms with E-state index in [1.165, 1.54) is 16.8 Å². The van der Waals surface area contributed by atoms with Gasteiger partial charge < -0.3 is 14.2 Å². The van der Waals surface area contributed by atoms with Gasteiger partial charge in [-0.3, -0.25) is 14.6 Å². The Morgan fingerprint density at radius 2 is 2.27 bits per heavy atom. The zero-order chi connectivity index (χ0) is 15.9. The third-order valence-corrected chi connectivity index (χ3v) is 3.75. The summed E-state index contributed by atoms with van der Waals surface area (Å²) in [5.41, 5.74) is -0.914. The van der Waals surface area contributed by atoms with E-state index < -0.39 is 11.2 Å². The average Bonchev–Trinajstić information content (AvgIpc) is 2.52. The Labute approximate surface area is 128 Å². The van der Waals surface area contributed by atoms with E-state index in [0.717, 1.165) is 32.4 Å². The van der Waals surface area contributed by atoms with Crippen LogP contribution in [0.3, 0.4) is 0 Å². The second kappa shape index (κ2) is 7.93. The van der Waals surface area contributed by atoms with Crippen molar-refractivity contribution in [3.8, 4) is 0 Å². The molecule has 7 nitrogen and oxygen atoms in total. The van der Waals surface area contributed by atoms with Crippen molar-refractivity contribution in [2.24, 2.45) is 0 Å². The summed E-state index contributed by atoms with van der Waals surface area (Å²) in [5, 5.41) is 0. The fourth-order valence-electron chi connectivity index (χ4n) is 2.58. The molecular formula is C15H23N3O4. The minimum Gasteiger partial charge on any atom is -0.376 e. The van der Waals surface area contributed by atoms with Crippen LogP contribution < -0.4 is 11.2 Å². The Balaban J connectivity index is 1.86. The van der Waals surface area contributed by atoms with Crippen LogP contribution in [0.4, 0.5) is 0 Å². The monoisotopic (exact) mass is 309 g/mol. The second-order valence-corrected chi connectivity index (χ2v) is 5.53. The highest BCUT2D eigenvalue weighted by molar-refractivity contribution is 5.76. The average molecular weight is 309 g/mol. The fourth-order valence-corrected chi connectivity index (χ4v) is 2.58. The Morgan fingerprint density at radius 3 is 3.00 bits per heavy atom. The molecule has 1 N–H and O–H groups in total. The summed E-state index contributed by atoms with van der Waals surface area (Å²) >= 11 is 0. The van der Waals surface area contributed by atoms with Gasteiger partial charge in [-0.1, -0.05) is 6.92 Å². The Bertz CT molecular complexity index is 607. The van der Waals surface area contributed by atoms with Gasteiger partial charge in [-0.15, -0.1) is 0 Å². The number of aryl methyl sites for hydroxylation is 1. The first-order chi connectivity index (χ1) is 10.6. The van der Waals surface area contributed by atoms with Gasteiger partial charge in [0.2, 0.25) is 5.91 Å². The number of hydrogen-bond acceptors (Lipinski definition) is 4. The van der Waals surface area contributed by atoms with Crippen molar-refractivity contribution in [1.82, 2.24) is 14.5 Å². The first-order valence-electron chi connectivity index (χ1n) is 7.79. The predicted octanol–water partition coefficient (Wildman–Crippen LogP) is 0.344. The third kappa shape index (κ3) is 4.56. The summed E-state index contributed by atoms with van der Waals surface area (Å²) in [6, 6.07) is 1.28. The van der Waals surface area contributed by atoms with Gasteiger partial charge in [0.1, 0.15) is 0 Å². The van der Waals surface area contributed by atoms with E-state index in [1.54, 1.807) is 4.90 Å². The van der Waals surface area contributed by atoms with Gasteiger partial charge in [-0.25, -0.2) is 4.79 Å². The molecule has 1 saturated heterocycles. The number of amides is 1. The molecule has 2 rings (SSSR count). The quantitative estimate of drug-likeness (QED) is 0.821. The molecule has 22 heavy (non-hydrogen) atoms. The maximum absolute atomic E-state index is 12.3. The molecule has 2 heterocycles. The van der Waals surface area contributed by atoms with Crippen LogP contribution in [0.5, 0.6) is 0 Å². The standard InChI is InChI=1S/C15H23N3O4/c1-2-10-22-12-4-3-7-18(11-12)14(20)6-9-17-8-5-13(19)16-15(17)21/h5,8,12H,2-4,6-7,9-11H2,1H3,(H,16,19,21)/t12-/m1/s1. The van der Waals surface area contributed by atoms with Crippen LogP contribution in [0.15, 0.2) is 21.9 Å². The van der Waals surface area contributed by atoms with Gasteiger partial charge in [0.05, 0.1) is 6.10 Å². The highest BCUT2D eigenvalue weighted by atomic mass is 16.5. The molecule has 1 aliphatic heterocycles. The highest BCUT2D eigenvalue weighted by Crippen LogP contribution is 2.14. The van der Waals surface area contributed by atoms with Crippen molar-refractivity contribution in [1.29, 1.82) is 0 Å². The van der Waals surface area contributed by atoms with E-state index >= 15 is 0 Å². The molecule has 1 amide bonds. The first-order valence-corrected chi connectivity index (χ1v) is 7.79. The Hall–Kier alpha value is -1.89. The van der Waals surface area contributed by atoms with E-state index in [9.17, 15) is 14.4 Å². The lowest BCUT2D eigenvalue weighted by atomic mass is 10.1. The number of carbonyl (C=O) groups is 1. The van der Waals surface area contributed by atoms with Crippen molar-refractivity contribution in [3.63, 3.8) is 0 Å². The number of aromatic amines is 1. The molecule has 1 aromatic heterocycles. The van der Waals surface area contributed by atoms with Gasteiger partial charge >= 0.3 is 5.69 Å². The van der Waals surface area contributed by atoms with Crippen LogP contribution >= 0.6 is 0 Å². The van der Waals surface area contributed by atoms with Crippen LogP contribution in [0.25, 0.3) is 0 Å². The fraction of sp³-hybridized carbons (Fsp3) is 0.667. The van der Waals surface area contributed by atoms with Gasteiger partial charge in [-0.2, -0.15) is 0 Å². The lowest BCUT2D eigenvalue weighted by molar-refractivity contribution is -0.135. The third-order valence-electron chi connectivity index (χ3n) is 3.75. The number of piperidine rings is 1. The van der Waals surface area contributed by atoms with Crippen molar-refractivity contribution in [2.45, 2.75) is 45.3 Å². The summed E-state index contributed by atoms with van der Waals surface area (Å²) in [6.07, 6.45) is 4.68. The largest absolute Gasteiger partial charge is 0.376 e. The van der Waals surface area contributed by atoms with E-state index in [0.29, 0.717) is 6.54 Å². The number of likely N-dealkylation sites (tertiary alicyclic amines) is 1. The minimum atomic E-state index is -0.483. The first kappa shape index (κ1) is 16.5. The molecule has 0 saturated carbocycles. The molecule has 0 bridgehead atoms. The molecule has 0 radical (unpaired) electrons. The number of hydrogen-bond donors (Lipinski definition) is 1. The van der Waals surface area contributed by atoms with Crippen molar-refractivity contribution in [2.75, 3.05) is 19.7 Å². The summed E-state index contributed by atoms with van der Waals surface area (Å²) in [7, 11) is 0. The number of nitrogens with one attached hydrogen (secondary N) is 1. The number of carbonyl (C=O) groups excluding carboxylic acids is 1. The summed E-state index contributed by atoms with van der Waals surface area (Å²) in [6.45, 7) is 4.42. The smallest absolute Gasteiger partial charge is 0.328 e. The van der Waals surface area contributed by atoms with Gasteiger partial charge in [0, 0.05) is 44.9 Å². The lowest BCUT2D eigenvalue weighted by Gasteiger charge is -2.32. The maximum Gasteiger partial charge on any atom is 0.328 e. The number of aromatic nitrogens is 2. The molecule has 0 aliphatic carbocycles. The lowest BCUT2D eigenvalue weighted by Crippen LogP contribution is -2.43. The van der Waals surface area contributed by atoms with E-state index in [1.807, 2.05) is 0 Å². The van der Waals surface area contributed by atoms with Crippen molar-refractivity contribution in [3.05, 3.63) is 33.1 Å². The molecular weight excluding hydrogens is 286 g/mol.